The van der Waals surface area contributed by atoms with Gasteiger partial charge in [-0.25, -0.2) is 0 Å². The van der Waals surface area contributed by atoms with Crippen molar-refractivity contribution in [3.8, 4) is 5.75 Å². The molecule has 0 amide bonds. The van der Waals surface area contributed by atoms with Gasteiger partial charge in [0.15, 0.2) is 0 Å². The third-order valence-electron chi connectivity index (χ3n) is 3.06. The predicted molar refractivity (Wildman–Crippen MR) is 76.4 cm³/mol. The summed E-state index contributed by atoms with van der Waals surface area (Å²) in [6.45, 7) is 6.46. The average molecular weight is 267 g/mol. The number of rotatable bonds is 9. The van der Waals surface area contributed by atoms with Gasteiger partial charge in [0.05, 0.1) is 12.2 Å². The first kappa shape index (κ1) is 16.0. The fourth-order valence-electron chi connectivity index (χ4n) is 1.46. The van der Waals surface area contributed by atoms with Crippen LogP contribution in [0.15, 0.2) is 24.3 Å². The molecular formula is C15H25NO3. The van der Waals surface area contributed by atoms with Crippen molar-refractivity contribution < 1.29 is 14.2 Å². The summed E-state index contributed by atoms with van der Waals surface area (Å²) >= 11 is 0. The first-order chi connectivity index (χ1) is 9.07. The van der Waals surface area contributed by atoms with Crippen molar-refractivity contribution >= 4 is 0 Å². The van der Waals surface area contributed by atoms with E-state index in [0.29, 0.717) is 26.4 Å². The molecule has 1 aromatic carbocycles. The van der Waals surface area contributed by atoms with E-state index < -0.39 is 0 Å². The third-order valence-corrected chi connectivity index (χ3v) is 3.06. The summed E-state index contributed by atoms with van der Waals surface area (Å²) in [4.78, 5) is 0. The molecule has 0 aliphatic carbocycles. The van der Waals surface area contributed by atoms with Gasteiger partial charge in [-0.05, 0) is 38.0 Å². The number of ether oxygens (including phenoxy) is 3. The smallest absolute Gasteiger partial charge is 0.119 e. The molecule has 19 heavy (non-hydrogen) atoms. The highest BCUT2D eigenvalue weighted by Gasteiger charge is 2.15. The second-order valence-corrected chi connectivity index (χ2v) is 5.02. The maximum absolute atomic E-state index is 5.57. The van der Waals surface area contributed by atoms with Crippen LogP contribution in [-0.4, -0.2) is 32.5 Å². The van der Waals surface area contributed by atoms with E-state index in [1.54, 1.807) is 7.11 Å². The Bertz CT molecular complexity index is 349. The zero-order valence-electron chi connectivity index (χ0n) is 12.1. The van der Waals surface area contributed by atoms with Crippen LogP contribution in [0.1, 0.15) is 25.8 Å². The fraction of sp³-hybridized carbons (Fsp3) is 0.600. The molecule has 0 bridgehead atoms. The largest absolute Gasteiger partial charge is 0.491 e. The highest BCUT2D eigenvalue weighted by Crippen LogP contribution is 2.13. The molecule has 0 atom stereocenters. The Labute approximate surface area is 115 Å². The van der Waals surface area contributed by atoms with Gasteiger partial charge in [-0.1, -0.05) is 12.1 Å². The Hall–Kier alpha value is -1.10. The zero-order valence-corrected chi connectivity index (χ0v) is 12.1. The lowest BCUT2D eigenvalue weighted by atomic mass is 10.1. The van der Waals surface area contributed by atoms with Gasteiger partial charge in [-0.15, -0.1) is 0 Å². The van der Waals surface area contributed by atoms with Gasteiger partial charge in [0.1, 0.15) is 12.4 Å². The van der Waals surface area contributed by atoms with Crippen molar-refractivity contribution in [1.82, 2.24) is 0 Å². The first-order valence-electron chi connectivity index (χ1n) is 6.62. The minimum atomic E-state index is -0.126. The summed E-state index contributed by atoms with van der Waals surface area (Å²) in [7, 11) is 1.72. The topological polar surface area (TPSA) is 53.7 Å². The van der Waals surface area contributed by atoms with Crippen molar-refractivity contribution in [3.05, 3.63) is 29.8 Å². The summed E-state index contributed by atoms with van der Waals surface area (Å²) < 4.78 is 16.4. The standard InChI is InChI=1S/C15H25NO3/c1-15(2,17-3)8-9-18-10-11-19-14-6-4-13(12-16)5-7-14/h4-7H,8-12,16H2,1-3H3. The number of nitrogens with two attached hydrogens (primary N) is 1. The van der Waals surface area contributed by atoms with Crippen LogP contribution in [-0.2, 0) is 16.0 Å². The lowest BCUT2D eigenvalue weighted by Crippen LogP contribution is -2.24. The van der Waals surface area contributed by atoms with E-state index in [1.807, 2.05) is 38.1 Å². The Morgan fingerprint density at radius 3 is 2.32 bits per heavy atom. The van der Waals surface area contributed by atoms with Crippen molar-refractivity contribution in [1.29, 1.82) is 0 Å². The normalized spacial score (nSPS) is 11.6. The summed E-state index contributed by atoms with van der Waals surface area (Å²) in [5.74, 6) is 0.845. The SMILES string of the molecule is COC(C)(C)CCOCCOc1ccc(CN)cc1. The molecule has 4 heteroatoms. The third kappa shape index (κ3) is 6.57. The fourth-order valence-corrected chi connectivity index (χ4v) is 1.46. The molecule has 108 valence electrons. The van der Waals surface area contributed by atoms with E-state index >= 15 is 0 Å². The van der Waals surface area contributed by atoms with E-state index in [2.05, 4.69) is 0 Å². The Morgan fingerprint density at radius 2 is 1.74 bits per heavy atom. The molecule has 0 saturated carbocycles. The quantitative estimate of drug-likeness (QED) is 0.698. The van der Waals surface area contributed by atoms with Gasteiger partial charge in [-0.2, -0.15) is 0 Å². The number of hydrogen-bond donors (Lipinski definition) is 1. The van der Waals surface area contributed by atoms with Gasteiger partial charge in [-0.3, -0.25) is 0 Å². The summed E-state index contributed by atoms with van der Waals surface area (Å²) in [6, 6.07) is 7.79. The van der Waals surface area contributed by atoms with E-state index in [4.69, 9.17) is 19.9 Å². The molecule has 0 unspecified atom stereocenters. The van der Waals surface area contributed by atoms with Gasteiger partial charge in [0.2, 0.25) is 0 Å². The van der Waals surface area contributed by atoms with Crippen LogP contribution in [0, 0.1) is 0 Å². The van der Waals surface area contributed by atoms with Gasteiger partial charge < -0.3 is 19.9 Å². The molecule has 0 radical (unpaired) electrons. The molecule has 0 aliphatic heterocycles. The van der Waals surface area contributed by atoms with Crippen LogP contribution in [0.3, 0.4) is 0 Å². The van der Waals surface area contributed by atoms with Crippen LogP contribution >= 0.6 is 0 Å². The Morgan fingerprint density at radius 1 is 1.05 bits per heavy atom. The van der Waals surface area contributed by atoms with E-state index in [0.717, 1.165) is 17.7 Å². The second kappa shape index (κ2) is 8.15. The second-order valence-electron chi connectivity index (χ2n) is 5.02. The molecule has 2 N–H and O–H groups in total. The Balaban J connectivity index is 2.10. The molecule has 1 rings (SSSR count). The average Bonchev–Trinajstić information content (AvgIpc) is 2.43. The predicted octanol–water partition coefficient (Wildman–Crippen LogP) is 2.36. The monoisotopic (exact) mass is 267 g/mol. The minimum absolute atomic E-state index is 0.126. The van der Waals surface area contributed by atoms with Crippen LogP contribution in [0.25, 0.3) is 0 Å². The van der Waals surface area contributed by atoms with Crippen molar-refractivity contribution in [3.63, 3.8) is 0 Å². The summed E-state index contributed by atoms with van der Waals surface area (Å²) in [5.41, 5.74) is 6.51. The molecule has 1 aromatic rings. The molecule has 0 fully saturated rings. The molecule has 0 aromatic heterocycles. The van der Waals surface area contributed by atoms with Crippen LogP contribution < -0.4 is 10.5 Å². The van der Waals surface area contributed by atoms with E-state index in [9.17, 15) is 0 Å². The van der Waals surface area contributed by atoms with Crippen molar-refractivity contribution in [2.24, 2.45) is 5.73 Å². The van der Waals surface area contributed by atoms with Crippen LogP contribution in [0.4, 0.5) is 0 Å². The molecule has 0 spiro atoms. The van der Waals surface area contributed by atoms with E-state index in [1.165, 1.54) is 0 Å². The molecule has 4 nitrogen and oxygen atoms in total. The molecular weight excluding hydrogens is 242 g/mol. The zero-order chi connectivity index (χ0) is 14.1. The minimum Gasteiger partial charge on any atom is -0.491 e. The van der Waals surface area contributed by atoms with Crippen molar-refractivity contribution in [2.75, 3.05) is 26.9 Å². The van der Waals surface area contributed by atoms with Gasteiger partial charge in [0.25, 0.3) is 0 Å². The maximum atomic E-state index is 5.57. The molecule has 0 saturated heterocycles. The molecule has 0 heterocycles. The van der Waals surface area contributed by atoms with E-state index in [-0.39, 0.29) is 5.60 Å². The number of hydrogen-bond acceptors (Lipinski definition) is 4. The highest BCUT2D eigenvalue weighted by atomic mass is 16.5. The summed E-state index contributed by atoms with van der Waals surface area (Å²) in [6.07, 6.45) is 0.870. The van der Waals surface area contributed by atoms with Crippen LogP contribution in [0.2, 0.25) is 0 Å². The van der Waals surface area contributed by atoms with Gasteiger partial charge >= 0.3 is 0 Å². The highest BCUT2D eigenvalue weighted by molar-refractivity contribution is 5.26. The van der Waals surface area contributed by atoms with Crippen molar-refractivity contribution in [2.45, 2.75) is 32.4 Å². The lowest BCUT2D eigenvalue weighted by Gasteiger charge is -2.22. The summed E-state index contributed by atoms with van der Waals surface area (Å²) in [5, 5.41) is 0. The first-order valence-corrected chi connectivity index (χ1v) is 6.62. The molecule has 0 aliphatic rings. The number of methoxy groups -OCH3 is 1. The maximum Gasteiger partial charge on any atom is 0.119 e. The lowest BCUT2D eigenvalue weighted by molar-refractivity contribution is -0.0128. The van der Waals surface area contributed by atoms with Gasteiger partial charge in [0, 0.05) is 20.3 Å². The Kier molecular flexibility index (Phi) is 6.84. The number of benzene rings is 1. The van der Waals surface area contributed by atoms with Crippen LogP contribution in [0.5, 0.6) is 5.75 Å².